The Kier molecular flexibility index (Phi) is 3.92. The van der Waals surface area contributed by atoms with Crippen molar-refractivity contribution in [3.63, 3.8) is 0 Å². The number of carbonyl (C=O) groups excluding carboxylic acids is 2. The van der Waals surface area contributed by atoms with Crippen LogP contribution >= 0.6 is 0 Å². The van der Waals surface area contributed by atoms with Gasteiger partial charge in [0.25, 0.3) is 0 Å². The second-order valence-electron chi connectivity index (χ2n) is 3.39. The zero-order chi connectivity index (χ0) is 10.6. The summed E-state index contributed by atoms with van der Waals surface area (Å²) in [7, 11) is 0. The maximum atomic E-state index is 11.5. The molecule has 80 valence electrons. The second kappa shape index (κ2) is 4.98. The smallest absolute Gasteiger partial charge is 0.328 e. The van der Waals surface area contributed by atoms with Gasteiger partial charge in [-0.2, -0.15) is 0 Å². The van der Waals surface area contributed by atoms with Gasteiger partial charge >= 0.3 is 5.97 Å². The van der Waals surface area contributed by atoms with Gasteiger partial charge in [0.05, 0.1) is 6.61 Å². The Morgan fingerprint density at radius 3 is 2.86 bits per heavy atom. The summed E-state index contributed by atoms with van der Waals surface area (Å²) in [6, 6.07) is -0.331. The molecule has 0 saturated carbocycles. The molecule has 0 radical (unpaired) electrons. The van der Waals surface area contributed by atoms with Crippen molar-refractivity contribution in [1.82, 2.24) is 4.90 Å². The fourth-order valence-corrected chi connectivity index (χ4v) is 1.74. The number of hydrogen-bond acceptors (Lipinski definition) is 3. The minimum absolute atomic E-state index is 0.0740. The number of amides is 1. The molecule has 0 aromatic heterocycles. The average molecular weight is 199 g/mol. The van der Waals surface area contributed by atoms with Crippen LogP contribution in [0.25, 0.3) is 0 Å². The Morgan fingerprint density at radius 2 is 2.29 bits per heavy atom. The standard InChI is InChI=1S/C10H17NO3/c1-3-7-11-8(5-6-9(11)12)10(13)14-4-2/h8H,3-7H2,1-2H3. The van der Waals surface area contributed by atoms with Crippen LogP contribution in [0, 0.1) is 0 Å². The van der Waals surface area contributed by atoms with Crippen molar-refractivity contribution < 1.29 is 14.3 Å². The number of hydrogen-bond donors (Lipinski definition) is 0. The molecule has 0 aliphatic carbocycles. The molecule has 1 amide bonds. The van der Waals surface area contributed by atoms with Crippen molar-refractivity contribution in [3.8, 4) is 0 Å². The van der Waals surface area contributed by atoms with Crippen molar-refractivity contribution in [2.75, 3.05) is 13.2 Å². The summed E-state index contributed by atoms with van der Waals surface area (Å²) in [5.41, 5.74) is 0. The zero-order valence-corrected chi connectivity index (χ0v) is 8.78. The largest absolute Gasteiger partial charge is 0.464 e. The Balaban J connectivity index is 2.59. The van der Waals surface area contributed by atoms with Crippen LogP contribution in [0.5, 0.6) is 0 Å². The normalized spacial score (nSPS) is 21.4. The van der Waals surface area contributed by atoms with Crippen LogP contribution in [-0.2, 0) is 14.3 Å². The molecule has 0 N–H and O–H groups in total. The van der Waals surface area contributed by atoms with Crippen LogP contribution in [-0.4, -0.2) is 36.0 Å². The van der Waals surface area contributed by atoms with E-state index in [1.54, 1.807) is 11.8 Å². The van der Waals surface area contributed by atoms with E-state index in [2.05, 4.69) is 0 Å². The Morgan fingerprint density at radius 1 is 1.57 bits per heavy atom. The first-order valence-corrected chi connectivity index (χ1v) is 5.16. The van der Waals surface area contributed by atoms with Gasteiger partial charge in [-0.3, -0.25) is 4.79 Å². The summed E-state index contributed by atoms with van der Waals surface area (Å²) in [5.74, 6) is -0.184. The van der Waals surface area contributed by atoms with E-state index in [1.165, 1.54) is 0 Å². The molecule has 1 fully saturated rings. The molecule has 0 bridgehead atoms. The first kappa shape index (κ1) is 11.0. The Labute approximate surface area is 84.2 Å². The van der Waals surface area contributed by atoms with Crippen molar-refractivity contribution >= 4 is 11.9 Å². The number of rotatable bonds is 4. The van der Waals surface area contributed by atoms with Crippen LogP contribution in [0.2, 0.25) is 0 Å². The first-order chi connectivity index (χ1) is 6.70. The fourth-order valence-electron chi connectivity index (χ4n) is 1.74. The molecule has 1 rings (SSSR count). The summed E-state index contributed by atoms with van der Waals surface area (Å²) in [5, 5.41) is 0. The molecular formula is C10H17NO3. The summed E-state index contributed by atoms with van der Waals surface area (Å²) in [4.78, 5) is 24.5. The zero-order valence-electron chi connectivity index (χ0n) is 8.78. The molecule has 1 unspecified atom stereocenters. The van der Waals surface area contributed by atoms with Gasteiger partial charge in [0.1, 0.15) is 6.04 Å². The van der Waals surface area contributed by atoms with Crippen LogP contribution in [0.15, 0.2) is 0 Å². The van der Waals surface area contributed by atoms with Crippen molar-refractivity contribution in [1.29, 1.82) is 0 Å². The van der Waals surface area contributed by atoms with Crippen molar-refractivity contribution in [3.05, 3.63) is 0 Å². The molecule has 1 heterocycles. The maximum absolute atomic E-state index is 11.5. The lowest BCUT2D eigenvalue weighted by Crippen LogP contribution is -2.40. The fraction of sp³-hybridized carbons (Fsp3) is 0.800. The Bertz CT molecular complexity index is 227. The van der Waals surface area contributed by atoms with E-state index in [0.29, 0.717) is 26.0 Å². The lowest BCUT2D eigenvalue weighted by molar-refractivity contribution is -0.151. The third-order valence-electron chi connectivity index (χ3n) is 2.35. The molecule has 4 nitrogen and oxygen atoms in total. The number of nitrogens with zero attached hydrogens (tertiary/aromatic N) is 1. The molecule has 1 aliphatic heterocycles. The van der Waals surface area contributed by atoms with Gasteiger partial charge in [0.2, 0.25) is 5.91 Å². The predicted octanol–water partition coefficient (Wildman–Crippen LogP) is 0.950. The van der Waals surface area contributed by atoms with Gasteiger partial charge < -0.3 is 9.64 Å². The molecule has 14 heavy (non-hydrogen) atoms. The highest BCUT2D eigenvalue weighted by Crippen LogP contribution is 2.19. The minimum atomic E-state index is -0.331. The number of likely N-dealkylation sites (tertiary alicyclic amines) is 1. The van der Waals surface area contributed by atoms with Gasteiger partial charge in [0, 0.05) is 13.0 Å². The highest BCUT2D eigenvalue weighted by atomic mass is 16.5. The van der Waals surface area contributed by atoms with E-state index in [0.717, 1.165) is 6.42 Å². The second-order valence-corrected chi connectivity index (χ2v) is 3.39. The highest BCUT2D eigenvalue weighted by Gasteiger charge is 2.36. The van der Waals surface area contributed by atoms with Gasteiger partial charge in [-0.05, 0) is 19.8 Å². The maximum Gasteiger partial charge on any atom is 0.328 e. The van der Waals surface area contributed by atoms with E-state index in [-0.39, 0.29) is 17.9 Å². The van der Waals surface area contributed by atoms with E-state index < -0.39 is 0 Å². The van der Waals surface area contributed by atoms with Crippen LogP contribution < -0.4 is 0 Å². The van der Waals surface area contributed by atoms with Gasteiger partial charge in [-0.25, -0.2) is 4.79 Å². The highest BCUT2D eigenvalue weighted by molar-refractivity contribution is 5.88. The van der Waals surface area contributed by atoms with E-state index in [4.69, 9.17) is 4.74 Å². The topological polar surface area (TPSA) is 46.6 Å². The van der Waals surface area contributed by atoms with Gasteiger partial charge in [0.15, 0.2) is 0 Å². The molecule has 1 saturated heterocycles. The molecule has 0 aromatic carbocycles. The molecule has 0 spiro atoms. The van der Waals surface area contributed by atoms with Gasteiger partial charge in [-0.1, -0.05) is 6.92 Å². The molecule has 1 aliphatic rings. The SMILES string of the molecule is CCCN1C(=O)CCC1C(=O)OCC. The van der Waals surface area contributed by atoms with Gasteiger partial charge in [-0.15, -0.1) is 0 Å². The number of esters is 1. The van der Waals surface area contributed by atoms with Crippen LogP contribution in [0.4, 0.5) is 0 Å². The van der Waals surface area contributed by atoms with E-state index in [1.807, 2.05) is 6.92 Å². The Hall–Kier alpha value is -1.06. The van der Waals surface area contributed by atoms with Crippen molar-refractivity contribution in [2.45, 2.75) is 39.2 Å². The lowest BCUT2D eigenvalue weighted by atomic mass is 10.2. The average Bonchev–Trinajstić information content (AvgIpc) is 2.50. The van der Waals surface area contributed by atoms with Crippen molar-refractivity contribution in [2.24, 2.45) is 0 Å². The minimum Gasteiger partial charge on any atom is -0.464 e. The summed E-state index contributed by atoms with van der Waals surface area (Å²) < 4.78 is 4.92. The third kappa shape index (κ3) is 2.25. The predicted molar refractivity (Wildman–Crippen MR) is 51.7 cm³/mol. The number of ether oxygens (including phenoxy) is 1. The molecule has 1 atom stereocenters. The molecular weight excluding hydrogens is 182 g/mol. The van der Waals surface area contributed by atoms with Crippen LogP contribution in [0.3, 0.4) is 0 Å². The monoisotopic (exact) mass is 199 g/mol. The number of carbonyl (C=O) groups is 2. The lowest BCUT2D eigenvalue weighted by Gasteiger charge is -2.22. The summed E-state index contributed by atoms with van der Waals surface area (Å²) in [6.07, 6.45) is 1.96. The third-order valence-corrected chi connectivity index (χ3v) is 2.35. The molecule has 0 aromatic rings. The quantitative estimate of drug-likeness (QED) is 0.633. The summed E-state index contributed by atoms with van der Waals surface area (Å²) >= 11 is 0. The summed E-state index contributed by atoms with van der Waals surface area (Å²) in [6.45, 7) is 4.80. The van der Waals surface area contributed by atoms with Crippen LogP contribution in [0.1, 0.15) is 33.1 Å². The van der Waals surface area contributed by atoms with E-state index >= 15 is 0 Å². The molecule has 4 heteroatoms. The van der Waals surface area contributed by atoms with E-state index in [9.17, 15) is 9.59 Å². The first-order valence-electron chi connectivity index (χ1n) is 5.16.